The van der Waals surface area contributed by atoms with E-state index in [1.165, 1.54) is 16.7 Å². The Morgan fingerprint density at radius 2 is 2.25 bits per heavy atom. The fourth-order valence-corrected chi connectivity index (χ4v) is 1.90. The Balaban J connectivity index is 2.39. The molecule has 0 aromatic heterocycles. The van der Waals surface area contributed by atoms with E-state index in [9.17, 15) is 0 Å². The van der Waals surface area contributed by atoms with Crippen LogP contribution in [0, 0.1) is 6.92 Å². The molecule has 0 N–H and O–H groups in total. The monoisotopic (exact) mass is 209 g/mol. The van der Waals surface area contributed by atoms with Crippen LogP contribution in [-0.2, 0) is 0 Å². The van der Waals surface area contributed by atoms with Crippen molar-refractivity contribution < 1.29 is 0 Å². The molecule has 0 aliphatic carbocycles. The molecular formula is C15H15N. The highest BCUT2D eigenvalue weighted by molar-refractivity contribution is 5.78. The fraction of sp³-hybridized carbons (Fsp3) is 0.133. The molecule has 1 aromatic rings. The van der Waals surface area contributed by atoms with Crippen molar-refractivity contribution in [1.82, 2.24) is 4.90 Å². The Morgan fingerprint density at radius 3 is 3.00 bits per heavy atom. The van der Waals surface area contributed by atoms with Crippen LogP contribution >= 0.6 is 0 Å². The highest BCUT2D eigenvalue weighted by atomic mass is 15.1. The highest BCUT2D eigenvalue weighted by Crippen LogP contribution is 2.29. The normalized spacial score (nSPS) is 13.3. The molecule has 80 valence electrons. The van der Waals surface area contributed by atoms with E-state index in [1.807, 2.05) is 6.08 Å². The van der Waals surface area contributed by atoms with Gasteiger partial charge in [-0.1, -0.05) is 31.4 Å². The molecule has 1 aliphatic heterocycles. The Hall–Kier alpha value is -1.98. The van der Waals surface area contributed by atoms with Gasteiger partial charge >= 0.3 is 0 Å². The maximum atomic E-state index is 4.14. The predicted molar refractivity (Wildman–Crippen MR) is 69.7 cm³/mol. The highest BCUT2D eigenvalue weighted by Gasteiger charge is 2.14. The van der Waals surface area contributed by atoms with Gasteiger partial charge in [-0.15, -0.1) is 5.73 Å². The van der Waals surface area contributed by atoms with E-state index >= 15 is 0 Å². The number of hydrogen-bond acceptors (Lipinski definition) is 1. The van der Waals surface area contributed by atoms with Crippen LogP contribution in [0.2, 0.25) is 0 Å². The van der Waals surface area contributed by atoms with Crippen LogP contribution in [0.4, 0.5) is 0 Å². The molecule has 0 radical (unpaired) electrons. The van der Waals surface area contributed by atoms with Crippen LogP contribution in [-0.4, -0.2) is 11.4 Å². The molecule has 0 bridgehead atoms. The lowest BCUT2D eigenvalue weighted by atomic mass is 9.97. The van der Waals surface area contributed by atoms with E-state index in [0.717, 1.165) is 12.2 Å². The van der Waals surface area contributed by atoms with Crippen molar-refractivity contribution in [3.8, 4) is 0 Å². The number of benzene rings is 1. The summed E-state index contributed by atoms with van der Waals surface area (Å²) < 4.78 is 0. The summed E-state index contributed by atoms with van der Waals surface area (Å²) in [7, 11) is 0. The van der Waals surface area contributed by atoms with Crippen molar-refractivity contribution in [2.45, 2.75) is 6.92 Å². The second-order valence-corrected chi connectivity index (χ2v) is 3.86. The van der Waals surface area contributed by atoms with Gasteiger partial charge in [0.2, 0.25) is 0 Å². The summed E-state index contributed by atoms with van der Waals surface area (Å²) in [5.41, 5.74) is 7.58. The molecule has 1 heterocycles. The third-order valence-corrected chi connectivity index (χ3v) is 2.84. The first-order chi connectivity index (χ1) is 7.74. The molecule has 0 saturated heterocycles. The topological polar surface area (TPSA) is 3.24 Å². The lowest BCUT2D eigenvalue weighted by molar-refractivity contribution is 0.594. The van der Waals surface area contributed by atoms with Gasteiger partial charge in [-0.25, -0.2) is 0 Å². The van der Waals surface area contributed by atoms with Crippen molar-refractivity contribution in [2.24, 2.45) is 0 Å². The number of rotatable bonds is 2. The third-order valence-electron chi connectivity index (χ3n) is 2.84. The molecule has 0 unspecified atom stereocenters. The van der Waals surface area contributed by atoms with Crippen LogP contribution in [0.15, 0.2) is 49.4 Å². The molecule has 1 aliphatic rings. The van der Waals surface area contributed by atoms with E-state index in [4.69, 9.17) is 0 Å². The van der Waals surface area contributed by atoms with Gasteiger partial charge in [0.25, 0.3) is 0 Å². The standard InChI is InChI=1S/C15H15N/c1-4-5-10-16-11-9-14-12(2)7-6-8-15(14)13(16)3/h5-9,11H,1,3,10H2,2H3. The van der Waals surface area contributed by atoms with Crippen LogP contribution in [0.5, 0.6) is 0 Å². The first kappa shape index (κ1) is 10.5. The van der Waals surface area contributed by atoms with Gasteiger partial charge in [0.15, 0.2) is 0 Å². The minimum absolute atomic E-state index is 0.770. The average Bonchev–Trinajstić information content (AvgIpc) is 2.29. The zero-order valence-corrected chi connectivity index (χ0v) is 9.53. The first-order valence-corrected chi connectivity index (χ1v) is 5.32. The van der Waals surface area contributed by atoms with E-state index in [-0.39, 0.29) is 0 Å². The summed E-state index contributed by atoms with van der Waals surface area (Å²) in [5.74, 6) is 0. The second kappa shape index (κ2) is 4.26. The van der Waals surface area contributed by atoms with E-state index < -0.39 is 0 Å². The first-order valence-electron chi connectivity index (χ1n) is 5.32. The van der Waals surface area contributed by atoms with Crippen molar-refractivity contribution in [2.75, 3.05) is 6.54 Å². The van der Waals surface area contributed by atoms with Gasteiger partial charge in [-0.05, 0) is 30.2 Å². The molecular weight excluding hydrogens is 194 g/mol. The molecule has 0 fully saturated rings. The quantitative estimate of drug-likeness (QED) is 0.673. The molecule has 16 heavy (non-hydrogen) atoms. The predicted octanol–water partition coefficient (Wildman–Crippen LogP) is 3.59. The Kier molecular flexibility index (Phi) is 2.80. The zero-order valence-electron chi connectivity index (χ0n) is 9.53. The maximum Gasteiger partial charge on any atom is 0.0480 e. The largest absolute Gasteiger partial charge is 0.343 e. The molecule has 1 heteroatoms. The molecule has 1 aromatic carbocycles. The van der Waals surface area contributed by atoms with E-state index in [1.54, 1.807) is 0 Å². The number of fused-ring (bicyclic) bond motifs is 1. The van der Waals surface area contributed by atoms with Gasteiger partial charge < -0.3 is 4.90 Å². The Bertz CT molecular complexity index is 502. The average molecular weight is 209 g/mol. The van der Waals surface area contributed by atoms with Crippen molar-refractivity contribution in [1.29, 1.82) is 0 Å². The summed E-state index contributed by atoms with van der Waals surface area (Å²) in [6.45, 7) is 10.6. The van der Waals surface area contributed by atoms with Crippen LogP contribution < -0.4 is 0 Å². The lowest BCUT2D eigenvalue weighted by Crippen LogP contribution is -2.18. The Labute approximate surface area is 96.7 Å². The molecule has 0 spiro atoms. The number of aryl methyl sites for hydroxylation is 1. The number of hydrogen-bond donors (Lipinski definition) is 0. The van der Waals surface area contributed by atoms with Gasteiger partial charge in [0, 0.05) is 24.0 Å². The second-order valence-electron chi connectivity index (χ2n) is 3.86. The fourth-order valence-electron chi connectivity index (χ4n) is 1.90. The van der Waals surface area contributed by atoms with E-state index in [0.29, 0.717) is 0 Å². The summed E-state index contributed by atoms with van der Waals surface area (Å²) in [4.78, 5) is 2.10. The number of nitrogens with zero attached hydrogens (tertiary/aromatic N) is 1. The van der Waals surface area contributed by atoms with Crippen LogP contribution in [0.1, 0.15) is 16.7 Å². The lowest BCUT2D eigenvalue weighted by Gasteiger charge is -2.27. The van der Waals surface area contributed by atoms with Crippen LogP contribution in [0.25, 0.3) is 11.8 Å². The molecule has 0 atom stereocenters. The zero-order chi connectivity index (χ0) is 11.5. The molecule has 2 rings (SSSR count). The van der Waals surface area contributed by atoms with Crippen LogP contribution in [0.3, 0.4) is 0 Å². The van der Waals surface area contributed by atoms with Gasteiger partial charge in [-0.2, -0.15) is 0 Å². The molecule has 1 nitrogen and oxygen atoms in total. The smallest absolute Gasteiger partial charge is 0.0480 e. The van der Waals surface area contributed by atoms with Gasteiger partial charge in [-0.3, -0.25) is 0 Å². The summed E-state index contributed by atoms with van der Waals surface area (Å²) in [6.07, 6.45) is 6.10. The van der Waals surface area contributed by atoms with E-state index in [2.05, 4.69) is 61.2 Å². The Morgan fingerprint density at radius 1 is 1.44 bits per heavy atom. The molecule has 0 saturated carbocycles. The minimum Gasteiger partial charge on any atom is -0.343 e. The maximum absolute atomic E-state index is 4.14. The molecule has 0 amide bonds. The van der Waals surface area contributed by atoms with Crippen molar-refractivity contribution in [3.05, 3.63) is 66.1 Å². The summed E-state index contributed by atoms with van der Waals surface area (Å²) >= 11 is 0. The summed E-state index contributed by atoms with van der Waals surface area (Å²) in [5, 5.41) is 0. The SMILES string of the molecule is C=C=CCN1C=Cc2c(C)cccc2C1=C. The third kappa shape index (κ3) is 1.73. The van der Waals surface area contributed by atoms with Gasteiger partial charge in [0.05, 0.1) is 0 Å². The summed E-state index contributed by atoms with van der Waals surface area (Å²) in [6, 6.07) is 6.30. The van der Waals surface area contributed by atoms with Crippen molar-refractivity contribution in [3.63, 3.8) is 0 Å². The minimum atomic E-state index is 0.770. The van der Waals surface area contributed by atoms with Crippen molar-refractivity contribution >= 4 is 11.8 Å². The van der Waals surface area contributed by atoms with Gasteiger partial charge in [0.1, 0.15) is 0 Å².